The number of para-hydroxylation sites is 2. The van der Waals surface area contributed by atoms with Crippen LogP contribution in [0.5, 0.6) is 5.88 Å². The number of aromatic nitrogens is 2. The average molecular weight is 374 g/mol. The molecule has 0 saturated heterocycles. The number of carbonyl (C=O) groups is 1. The number of ether oxygens (including phenoxy) is 1. The molecule has 0 saturated carbocycles. The second-order valence-electron chi connectivity index (χ2n) is 6.87. The topological polar surface area (TPSA) is 87.9 Å². The number of hydrogen-bond donors (Lipinski definition) is 1. The van der Waals surface area contributed by atoms with Crippen molar-refractivity contribution in [3.63, 3.8) is 0 Å². The maximum absolute atomic E-state index is 12.7. The molecule has 1 aromatic heterocycles. The van der Waals surface area contributed by atoms with Crippen molar-refractivity contribution in [1.82, 2.24) is 15.3 Å². The van der Waals surface area contributed by atoms with E-state index in [9.17, 15) is 10.1 Å². The fourth-order valence-electron chi connectivity index (χ4n) is 2.67. The number of carbonyl (C=O) groups excluding carboxylic acids is 1. The molecule has 6 nitrogen and oxygen atoms in total. The number of nitriles is 1. The number of fused-ring (bicyclic) bond motifs is 1. The molecule has 1 heterocycles. The Morgan fingerprint density at radius 3 is 2.36 bits per heavy atom. The van der Waals surface area contributed by atoms with E-state index < -0.39 is 11.8 Å². The monoisotopic (exact) mass is 374 g/mol. The fourth-order valence-corrected chi connectivity index (χ4v) is 2.67. The maximum Gasteiger partial charge on any atom is 0.244 e. The Hall–Kier alpha value is -3.46. The van der Waals surface area contributed by atoms with Gasteiger partial charge in [-0.25, -0.2) is 9.97 Å². The van der Waals surface area contributed by atoms with Crippen LogP contribution in [0.15, 0.2) is 54.6 Å². The lowest BCUT2D eigenvalue weighted by Gasteiger charge is -2.15. The molecule has 1 unspecified atom stereocenters. The van der Waals surface area contributed by atoms with Gasteiger partial charge in [-0.05, 0) is 23.6 Å². The summed E-state index contributed by atoms with van der Waals surface area (Å²) in [7, 11) is 0. The van der Waals surface area contributed by atoms with Crippen molar-refractivity contribution < 1.29 is 9.53 Å². The molecule has 0 aliphatic heterocycles. The van der Waals surface area contributed by atoms with Gasteiger partial charge in [0.25, 0.3) is 0 Å². The number of nitrogens with one attached hydrogen (secondary N) is 1. The molecule has 0 aliphatic rings. The van der Waals surface area contributed by atoms with Gasteiger partial charge in [0.05, 0.1) is 23.7 Å². The number of nitrogens with zero attached hydrogens (tertiary/aromatic N) is 3. The van der Waals surface area contributed by atoms with Crippen molar-refractivity contribution in [3.05, 3.63) is 65.9 Å². The zero-order valence-corrected chi connectivity index (χ0v) is 15.9. The summed E-state index contributed by atoms with van der Waals surface area (Å²) in [6.07, 6.45) is 0. The summed E-state index contributed by atoms with van der Waals surface area (Å²) < 4.78 is 5.80. The van der Waals surface area contributed by atoms with E-state index in [1.165, 1.54) is 0 Å². The number of benzene rings is 2. The minimum absolute atomic E-state index is 0.230. The number of rotatable bonds is 7. The van der Waals surface area contributed by atoms with Crippen LogP contribution in [-0.2, 0) is 11.3 Å². The van der Waals surface area contributed by atoms with Crippen LogP contribution in [0.4, 0.5) is 0 Å². The summed E-state index contributed by atoms with van der Waals surface area (Å²) in [4.78, 5) is 21.7. The molecule has 142 valence electrons. The minimum atomic E-state index is -1.11. The van der Waals surface area contributed by atoms with Crippen LogP contribution in [0, 0.1) is 17.2 Å². The van der Waals surface area contributed by atoms with Crippen molar-refractivity contribution >= 4 is 16.9 Å². The van der Waals surface area contributed by atoms with Crippen LogP contribution in [-0.4, -0.2) is 22.5 Å². The Labute approximate surface area is 164 Å². The third kappa shape index (κ3) is 4.63. The van der Waals surface area contributed by atoms with Gasteiger partial charge in [0.2, 0.25) is 11.8 Å². The van der Waals surface area contributed by atoms with Gasteiger partial charge in [0, 0.05) is 6.54 Å². The molecule has 2 aromatic carbocycles. The zero-order valence-electron chi connectivity index (χ0n) is 15.9. The van der Waals surface area contributed by atoms with E-state index in [0.717, 1.165) is 5.56 Å². The van der Waals surface area contributed by atoms with Crippen LogP contribution >= 0.6 is 0 Å². The summed E-state index contributed by atoms with van der Waals surface area (Å²) in [6, 6.07) is 18.9. The molecular weight excluding hydrogens is 352 g/mol. The predicted molar refractivity (Wildman–Crippen MR) is 107 cm³/mol. The third-order valence-corrected chi connectivity index (χ3v) is 4.09. The summed E-state index contributed by atoms with van der Waals surface area (Å²) in [5.41, 5.74) is 2.47. The predicted octanol–water partition coefficient (Wildman–Crippen LogP) is 3.59. The van der Waals surface area contributed by atoms with E-state index >= 15 is 0 Å². The largest absolute Gasteiger partial charge is 0.476 e. The molecule has 0 spiro atoms. The number of hydrogen-bond acceptors (Lipinski definition) is 5. The van der Waals surface area contributed by atoms with Gasteiger partial charge in [0.1, 0.15) is 5.69 Å². The molecule has 28 heavy (non-hydrogen) atoms. The highest BCUT2D eigenvalue weighted by atomic mass is 16.5. The Morgan fingerprint density at radius 2 is 1.71 bits per heavy atom. The van der Waals surface area contributed by atoms with Gasteiger partial charge in [-0.3, -0.25) is 4.79 Å². The molecular formula is C22H22N4O2. The number of amides is 1. The normalized spacial score (nSPS) is 11.8. The van der Waals surface area contributed by atoms with Crippen molar-refractivity contribution in [2.24, 2.45) is 5.92 Å². The van der Waals surface area contributed by atoms with Crippen molar-refractivity contribution in [2.45, 2.75) is 26.3 Å². The molecule has 6 heteroatoms. The third-order valence-electron chi connectivity index (χ3n) is 4.09. The fraction of sp³-hybridized carbons (Fsp3) is 0.273. The minimum Gasteiger partial charge on any atom is -0.476 e. The van der Waals surface area contributed by atoms with Crippen LogP contribution in [0.25, 0.3) is 11.0 Å². The van der Waals surface area contributed by atoms with Gasteiger partial charge >= 0.3 is 0 Å². The van der Waals surface area contributed by atoms with Crippen molar-refractivity contribution in [3.8, 4) is 11.9 Å². The van der Waals surface area contributed by atoms with E-state index in [0.29, 0.717) is 24.2 Å². The zero-order chi connectivity index (χ0) is 19.9. The molecule has 0 fully saturated rings. The van der Waals surface area contributed by atoms with E-state index in [1.807, 2.05) is 62.4 Å². The summed E-state index contributed by atoms with van der Waals surface area (Å²) in [5.74, 6) is -1.03. The molecule has 3 rings (SSSR count). The Balaban J connectivity index is 1.89. The Morgan fingerprint density at radius 1 is 1.07 bits per heavy atom. The van der Waals surface area contributed by atoms with Gasteiger partial charge in [-0.15, -0.1) is 0 Å². The lowest BCUT2D eigenvalue weighted by molar-refractivity contribution is -0.121. The van der Waals surface area contributed by atoms with Gasteiger partial charge in [-0.1, -0.05) is 56.3 Å². The molecule has 1 amide bonds. The first-order valence-electron chi connectivity index (χ1n) is 9.19. The van der Waals surface area contributed by atoms with Gasteiger partial charge in [-0.2, -0.15) is 5.26 Å². The SMILES string of the molecule is CC(C)COc1nc2ccccc2nc1C(C#N)C(=O)NCc1ccccc1. The first kappa shape index (κ1) is 19.3. The molecule has 0 aliphatic carbocycles. The quantitative estimate of drug-likeness (QED) is 0.683. The van der Waals surface area contributed by atoms with E-state index in [1.54, 1.807) is 6.07 Å². The summed E-state index contributed by atoms with van der Waals surface area (Å²) >= 11 is 0. The first-order valence-corrected chi connectivity index (χ1v) is 9.19. The lowest BCUT2D eigenvalue weighted by Crippen LogP contribution is -2.29. The van der Waals surface area contributed by atoms with E-state index in [-0.39, 0.29) is 17.5 Å². The van der Waals surface area contributed by atoms with Gasteiger partial charge < -0.3 is 10.1 Å². The average Bonchev–Trinajstić information content (AvgIpc) is 2.72. The summed E-state index contributed by atoms with van der Waals surface area (Å²) in [5, 5.41) is 12.5. The molecule has 0 bridgehead atoms. The van der Waals surface area contributed by atoms with Gasteiger partial charge in [0.15, 0.2) is 5.92 Å². The second-order valence-corrected chi connectivity index (χ2v) is 6.87. The van der Waals surface area contributed by atoms with Crippen LogP contribution in [0.3, 0.4) is 0 Å². The summed E-state index contributed by atoms with van der Waals surface area (Å²) in [6.45, 7) is 4.79. The molecule has 0 radical (unpaired) electrons. The highest BCUT2D eigenvalue weighted by Crippen LogP contribution is 2.26. The molecule has 1 atom stereocenters. The Kier molecular flexibility index (Phi) is 6.18. The first-order chi connectivity index (χ1) is 13.6. The standard InChI is InChI=1S/C22H22N4O2/c1-15(2)14-28-22-20(25-18-10-6-7-11-19(18)26-22)17(12-23)21(27)24-13-16-8-4-3-5-9-16/h3-11,15,17H,13-14H2,1-2H3,(H,24,27). The van der Waals surface area contributed by atoms with E-state index in [4.69, 9.17) is 4.74 Å². The van der Waals surface area contributed by atoms with Crippen LogP contribution in [0.2, 0.25) is 0 Å². The lowest BCUT2D eigenvalue weighted by atomic mass is 10.1. The van der Waals surface area contributed by atoms with Crippen LogP contribution in [0.1, 0.15) is 31.0 Å². The highest BCUT2D eigenvalue weighted by molar-refractivity contribution is 5.87. The van der Waals surface area contributed by atoms with E-state index in [2.05, 4.69) is 21.4 Å². The highest BCUT2D eigenvalue weighted by Gasteiger charge is 2.27. The van der Waals surface area contributed by atoms with Crippen molar-refractivity contribution in [2.75, 3.05) is 6.61 Å². The van der Waals surface area contributed by atoms with Crippen molar-refractivity contribution in [1.29, 1.82) is 5.26 Å². The second kappa shape index (κ2) is 8.96. The maximum atomic E-state index is 12.7. The molecule has 3 aromatic rings. The smallest absolute Gasteiger partial charge is 0.244 e. The molecule has 1 N–H and O–H groups in total. The van der Waals surface area contributed by atoms with Crippen LogP contribution < -0.4 is 10.1 Å². The Bertz CT molecular complexity index is 996.